The molecule has 1 fully saturated rings. The summed E-state index contributed by atoms with van der Waals surface area (Å²) >= 11 is 0. The Bertz CT molecular complexity index is 1100. The van der Waals surface area contributed by atoms with Crippen molar-refractivity contribution in [3.8, 4) is 5.69 Å². The number of carbonyl (C=O) groups excluding carboxylic acids is 1. The number of nitrogens with one attached hydrogen (secondary N) is 1. The molecule has 0 bridgehead atoms. The molecule has 1 saturated heterocycles. The summed E-state index contributed by atoms with van der Waals surface area (Å²) in [4.78, 5) is 15.5. The molecule has 0 spiro atoms. The topological polar surface area (TPSA) is 50.2 Å². The molecule has 1 atom stereocenters. The monoisotopic (exact) mass is 438 g/mol. The van der Waals surface area contributed by atoms with Crippen molar-refractivity contribution < 1.29 is 13.6 Å². The lowest BCUT2D eigenvalue weighted by Crippen LogP contribution is -2.45. The summed E-state index contributed by atoms with van der Waals surface area (Å²) in [7, 11) is 0. The summed E-state index contributed by atoms with van der Waals surface area (Å²) in [6.45, 7) is 7.47. The summed E-state index contributed by atoms with van der Waals surface area (Å²) in [6, 6.07) is 14.2. The molecule has 1 N–H and O–H groups in total. The molecule has 2 aromatic carbocycles. The van der Waals surface area contributed by atoms with Gasteiger partial charge in [-0.3, -0.25) is 9.69 Å². The van der Waals surface area contributed by atoms with Gasteiger partial charge in [-0.1, -0.05) is 30.3 Å². The van der Waals surface area contributed by atoms with E-state index in [0.717, 1.165) is 32.0 Å². The molecule has 4 rings (SSSR count). The molecule has 7 heteroatoms. The number of hydrogen-bond donors (Lipinski definition) is 1. The first-order valence-corrected chi connectivity index (χ1v) is 11.0. The minimum atomic E-state index is -0.720. The van der Waals surface area contributed by atoms with Crippen LogP contribution in [0.25, 0.3) is 5.69 Å². The van der Waals surface area contributed by atoms with E-state index in [0.29, 0.717) is 23.0 Å². The van der Waals surface area contributed by atoms with Gasteiger partial charge in [-0.05, 0) is 51.3 Å². The molecule has 3 aromatic rings. The van der Waals surface area contributed by atoms with E-state index < -0.39 is 11.6 Å². The summed E-state index contributed by atoms with van der Waals surface area (Å²) in [5.74, 6) is -1.58. The van der Waals surface area contributed by atoms with E-state index in [4.69, 9.17) is 0 Å². The van der Waals surface area contributed by atoms with Crippen molar-refractivity contribution in [1.29, 1.82) is 0 Å². The molecule has 0 saturated carbocycles. The minimum Gasteiger partial charge on any atom is -0.349 e. The Labute approximate surface area is 187 Å². The predicted molar refractivity (Wildman–Crippen MR) is 120 cm³/mol. The summed E-state index contributed by atoms with van der Waals surface area (Å²) in [6.07, 6.45) is 1.73. The smallest absolute Gasteiger partial charge is 0.255 e. The highest BCUT2D eigenvalue weighted by Gasteiger charge is 2.27. The number of amides is 1. The normalized spacial score (nSPS) is 16.2. The van der Waals surface area contributed by atoms with Gasteiger partial charge in [-0.2, -0.15) is 5.10 Å². The first kappa shape index (κ1) is 22.1. The van der Waals surface area contributed by atoms with Crippen LogP contribution in [0.15, 0.2) is 48.5 Å². The Morgan fingerprint density at radius 1 is 1.09 bits per heavy atom. The van der Waals surface area contributed by atoms with Gasteiger partial charge >= 0.3 is 0 Å². The van der Waals surface area contributed by atoms with Gasteiger partial charge in [0.25, 0.3) is 5.91 Å². The van der Waals surface area contributed by atoms with Crippen molar-refractivity contribution in [2.45, 2.75) is 45.7 Å². The number of benzene rings is 2. The SMILES string of the molecule is Cc1nn(-c2ccc(F)cc2F)c(C)c1C(=O)NC1CCN(C(C)c2ccccc2)CC1. The van der Waals surface area contributed by atoms with Gasteiger partial charge in [0, 0.05) is 31.2 Å². The zero-order valence-corrected chi connectivity index (χ0v) is 18.6. The van der Waals surface area contributed by atoms with Crippen LogP contribution in [-0.2, 0) is 0 Å². The Kier molecular flexibility index (Phi) is 6.37. The number of nitrogens with zero attached hydrogens (tertiary/aromatic N) is 3. The number of carbonyl (C=O) groups is 1. The summed E-state index contributed by atoms with van der Waals surface area (Å²) in [5, 5.41) is 7.47. The first-order chi connectivity index (χ1) is 15.3. The molecule has 1 aromatic heterocycles. The Hall–Kier alpha value is -3.06. The number of aryl methyl sites for hydroxylation is 1. The maximum atomic E-state index is 14.2. The molecular formula is C25H28F2N4O. The number of aromatic nitrogens is 2. The van der Waals surface area contributed by atoms with Crippen LogP contribution in [0, 0.1) is 25.5 Å². The number of likely N-dealkylation sites (tertiary alicyclic amines) is 1. The van der Waals surface area contributed by atoms with Crippen molar-refractivity contribution in [1.82, 2.24) is 20.0 Å². The third kappa shape index (κ3) is 4.43. The Morgan fingerprint density at radius 3 is 2.44 bits per heavy atom. The van der Waals surface area contributed by atoms with Crippen molar-refractivity contribution in [3.63, 3.8) is 0 Å². The van der Waals surface area contributed by atoms with Gasteiger partial charge < -0.3 is 5.32 Å². The number of hydrogen-bond acceptors (Lipinski definition) is 3. The van der Waals surface area contributed by atoms with Crippen LogP contribution < -0.4 is 5.32 Å². The standard InChI is InChI=1S/C25H28F2N4O/c1-16-24(18(3)31(29-16)23-10-9-20(26)15-22(23)27)25(32)28-21-11-13-30(14-12-21)17(2)19-7-5-4-6-8-19/h4-10,15,17,21H,11-14H2,1-3H3,(H,28,32). The highest BCUT2D eigenvalue weighted by molar-refractivity contribution is 5.96. The second-order valence-electron chi connectivity index (χ2n) is 8.42. The number of rotatable bonds is 5. The van der Waals surface area contributed by atoms with Gasteiger partial charge in [0.2, 0.25) is 0 Å². The molecule has 1 amide bonds. The van der Waals surface area contributed by atoms with E-state index in [1.807, 2.05) is 6.07 Å². The molecule has 5 nitrogen and oxygen atoms in total. The van der Waals surface area contributed by atoms with Crippen LogP contribution >= 0.6 is 0 Å². The number of piperidine rings is 1. The molecule has 32 heavy (non-hydrogen) atoms. The second kappa shape index (κ2) is 9.20. The molecule has 0 radical (unpaired) electrons. The molecule has 1 unspecified atom stereocenters. The molecule has 168 valence electrons. The fourth-order valence-corrected chi connectivity index (χ4v) is 4.49. The van der Waals surface area contributed by atoms with Gasteiger partial charge in [-0.15, -0.1) is 0 Å². The fourth-order valence-electron chi connectivity index (χ4n) is 4.49. The molecule has 1 aliphatic heterocycles. The first-order valence-electron chi connectivity index (χ1n) is 11.0. The average Bonchev–Trinajstić information content (AvgIpc) is 3.08. The predicted octanol–water partition coefficient (Wildman–Crippen LogP) is 4.72. The van der Waals surface area contributed by atoms with Crippen LogP contribution in [-0.4, -0.2) is 39.7 Å². The zero-order chi connectivity index (χ0) is 22.8. The summed E-state index contributed by atoms with van der Waals surface area (Å²) in [5.41, 5.74) is 2.89. The quantitative estimate of drug-likeness (QED) is 0.627. The average molecular weight is 439 g/mol. The maximum Gasteiger partial charge on any atom is 0.255 e. The van der Waals surface area contributed by atoms with Crippen molar-refractivity contribution in [2.75, 3.05) is 13.1 Å². The largest absolute Gasteiger partial charge is 0.349 e. The van der Waals surface area contributed by atoms with Crippen molar-refractivity contribution in [2.24, 2.45) is 0 Å². The van der Waals surface area contributed by atoms with E-state index in [-0.39, 0.29) is 17.6 Å². The van der Waals surface area contributed by atoms with Gasteiger partial charge in [0.05, 0.1) is 17.0 Å². The lowest BCUT2D eigenvalue weighted by Gasteiger charge is -2.36. The highest BCUT2D eigenvalue weighted by Crippen LogP contribution is 2.25. The van der Waals surface area contributed by atoms with E-state index in [2.05, 4.69) is 46.5 Å². The van der Waals surface area contributed by atoms with Gasteiger partial charge in [-0.25, -0.2) is 13.5 Å². The third-order valence-corrected chi connectivity index (χ3v) is 6.35. The maximum absolute atomic E-state index is 14.2. The molecular weight excluding hydrogens is 410 g/mol. The van der Waals surface area contributed by atoms with Crippen molar-refractivity contribution >= 4 is 5.91 Å². The van der Waals surface area contributed by atoms with Crippen LogP contribution in [0.3, 0.4) is 0 Å². The van der Waals surface area contributed by atoms with Crippen LogP contribution in [0.4, 0.5) is 8.78 Å². The fraction of sp³-hybridized carbons (Fsp3) is 0.360. The zero-order valence-electron chi connectivity index (χ0n) is 18.6. The lowest BCUT2D eigenvalue weighted by atomic mass is 9.99. The van der Waals surface area contributed by atoms with E-state index >= 15 is 0 Å². The third-order valence-electron chi connectivity index (χ3n) is 6.35. The van der Waals surface area contributed by atoms with E-state index in [1.165, 1.54) is 22.4 Å². The van der Waals surface area contributed by atoms with E-state index in [9.17, 15) is 13.6 Å². The van der Waals surface area contributed by atoms with E-state index in [1.54, 1.807) is 13.8 Å². The second-order valence-corrected chi connectivity index (χ2v) is 8.42. The van der Waals surface area contributed by atoms with Crippen LogP contribution in [0.2, 0.25) is 0 Å². The van der Waals surface area contributed by atoms with Crippen molar-refractivity contribution in [3.05, 3.63) is 82.7 Å². The van der Waals surface area contributed by atoms with Gasteiger partial charge in [0.15, 0.2) is 5.82 Å². The van der Waals surface area contributed by atoms with Crippen LogP contribution in [0.1, 0.15) is 53.1 Å². The molecule has 1 aliphatic rings. The summed E-state index contributed by atoms with van der Waals surface area (Å²) < 4.78 is 28.9. The van der Waals surface area contributed by atoms with Gasteiger partial charge in [0.1, 0.15) is 11.5 Å². The number of halogens is 2. The minimum absolute atomic E-state index is 0.0754. The lowest BCUT2D eigenvalue weighted by molar-refractivity contribution is 0.0894. The Morgan fingerprint density at radius 2 is 1.78 bits per heavy atom. The highest BCUT2D eigenvalue weighted by atomic mass is 19.1. The molecule has 2 heterocycles. The van der Waals surface area contributed by atoms with Crippen LogP contribution in [0.5, 0.6) is 0 Å². The molecule has 0 aliphatic carbocycles. The Balaban J connectivity index is 1.42.